The Morgan fingerprint density at radius 1 is 1.45 bits per heavy atom. The van der Waals surface area contributed by atoms with Crippen molar-refractivity contribution in [2.45, 2.75) is 56.7 Å². The van der Waals surface area contributed by atoms with E-state index in [1.165, 1.54) is 19.3 Å². The van der Waals surface area contributed by atoms with Crippen molar-refractivity contribution in [3.05, 3.63) is 0 Å². The molecule has 0 radical (unpaired) electrons. The molecule has 2 aliphatic rings. The first kappa shape index (κ1) is 15.7. The molecule has 1 aliphatic heterocycles. The zero-order valence-electron chi connectivity index (χ0n) is 12.8. The summed E-state index contributed by atoms with van der Waals surface area (Å²) in [6, 6.07) is -0.339. The van der Waals surface area contributed by atoms with Crippen LogP contribution in [0.5, 0.6) is 0 Å². The Balaban J connectivity index is 2.10. The summed E-state index contributed by atoms with van der Waals surface area (Å²) in [5.74, 6) is 0.321. The Hall–Kier alpha value is -0.710. The van der Waals surface area contributed by atoms with E-state index in [0.29, 0.717) is 13.0 Å². The molecule has 1 saturated heterocycles. The maximum absolute atomic E-state index is 12.7. The molecule has 2 rings (SSSR count). The van der Waals surface area contributed by atoms with Crippen LogP contribution in [-0.4, -0.2) is 46.8 Å². The van der Waals surface area contributed by atoms with Crippen molar-refractivity contribution in [3.63, 3.8) is 0 Å². The van der Waals surface area contributed by atoms with Crippen LogP contribution in [-0.2, 0) is 9.59 Å². The summed E-state index contributed by atoms with van der Waals surface area (Å²) in [5, 5.41) is 2.91. The van der Waals surface area contributed by atoms with Crippen LogP contribution in [0, 0.1) is 5.92 Å². The van der Waals surface area contributed by atoms with Crippen molar-refractivity contribution in [1.82, 2.24) is 10.2 Å². The molecule has 20 heavy (non-hydrogen) atoms. The van der Waals surface area contributed by atoms with E-state index < -0.39 is 0 Å². The molecule has 0 aromatic rings. The summed E-state index contributed by atoms with van der Waals surface area (Å²) in [6.07, 6.45) is 7.10. The zero-order chi connectivity index (χ0) is 14.8. The topological polar surface area (TPSA) is 49.4 Å². The van der Waals surface area contributed by atoms with E-state index in [1.807, 2.05) is 23.6 Å². The van der Waals surface area contributed by atoms with Gasteiger partial charge in [0, 0.05) is 24.3 Å². The van der Waals surface area contributed by atoms with Crippen LogP contribution in [0.15, 0.2) is 0 Å². The standard InChI is InChI=1S/C15H26N2O2S/c1-4-11(2)13-14(19)17(9-6-12(18)16-13)10-15(20-3)7-5-8-15/h11,13H,4-10H2,1-3H3,(H,16,18). The lowest BCUT2D eigenvalue weighted by Crippen LogP contribution is -2.53. The van der Waals surface area contributed by atoms with Crippen molar-refractivity contribution >= 4 is 23.6 Å². The number of carbonyl (C=O) groups is 2. The first-order valence-corrected chi connectivity index (χ1v) is 8.87. The van der Waals surface area contributed by atoms with E-state index >= 15 is 0 Å². The monoisotopic (exact) mass is 298 g/mol. The predicted molar refractivity (Wildman–Crippen MR) is 82.7 cm³/mol. The van der Waals surface area contributed by atoms with Gasteiger partial charge in [-0.2, -0.15) is 11.8 Å². The lowest BCUT2D eigenvalue weighted by atomic mass is 9.83. The van der Waals surface area contributed by atoms with E-state index in [9.17, 15) is 9.59 Å². The Morgan fingerprint density at radius 3 is 2.65 bits per heavy atom. The van der Waals surface area contributed by atoms with Gasteiger partial charge in [0.05, 0.1) is 0 Å². The van der Waals surface area contributed by atoms with Crippen molar-refractivity contribution in [1.29, 1.82) is 0 Å². The van der Waals surface area contributed by atoms with Crippen LogP contribution in [0.1, 0.15) is 46.0 Å². The SMILES string of the molecule is CCC(C)C1NC(=O)CCN(CC2(SC)CCC2)C1=O. The molecule has 2 amide bonds. The number of thioether (sulfide) groups is 1. The molecule has 5 heteroatoms. The molecule has 2 fully saturated rings. The number of nitrogens with one attached hydrogen (secondary N) is 1. The maximum atomic E-state index is 12.7. The largest absolute Gasteiger partial charge is 0.344 e. The number of hydrogen-bond acceptors (Lipinski definition) is 3. The normalized spacial score (nSPS) is 27.6. The molecule has 0 spiro atoms. The fraction of sp³-hybridized carbons (Fsp3) is 0.867. The molecule has 1 saturated carbocycles. The van der Waals surface area contributed by atoms with Crippen molar-refractivity contribution < 1.29 is 9.59 Å². The zero-order valence-corrected chi connectivity index (χ0v) is 13.6. The molecule has 0 aromatic heterocycles. The Labute approximate surface area is 126 Å². The summed E-state index contributed by atoms with van der Waals surface area (Å²) >= 11 is 1.88. The van der Waals surface area contributed by atoms with Crippen molar-refractivity contribution in [2.75, 3.05) is 19.3 Å². The molecule has 0 aromatic carbocycles. The second kappa shape index (κ2) is 6.37. The first-order valence-electron chi connectivity index (χ1n) is 7.64. The third-order valence-corrected chi connectivity index (χ3v) is 6.30. The molecule has 2 unspecified atom stereocenters. The Bertz CT molecular complexity index is 377. The van der Waals surface area contributed by atoms with Gasteiger partial charge in [0.2, 0.25) is 11.8 Å². The van der Waals surface area contributed by atoms with Gasteiger partial charge in [0.1, 0.15) is 6.04 Å². The van der Waals surface area contributed by atoms with Gasteiger partial charge in [0.25, 0.3) is 0 Å². The highest BCUT2D eigenvalue weighted by molar-refractivity contribution is 8.00. The fourth-order valence-corrected chi connectivity index (χ4v) is 3.96. The molecule has 114 valence electrons. The van der Waals surface area contributed by atoms with Crippen LogP contribution in [0.4, 0.5) is 0 Å². The van der Waals surface area contributed by atoms with Gasteiger partial charge in [0.15, 0.2) is 0 Å². The molecule has 1 N–H and O–H groups in total. The van der Waals surface area contributed by atoms with E-state index in [2.05, 4.69) is 18.5 Å². The minimum Gasteiger partial charge on any atom is -0.344 e. The molecule has 2 atom stereocenters. The minimum absolute atomic E-state index is 0.0120. The van der Waals surface area contributed by atoms with Crippen LogP contribution >= 0.6 is 11.8 Å². The summed E-state index contributed by atoms with van der Waals surface area (Å²) in [5.41, 5.74) is 0. The van der Waals surface area contributed by atoms with Crippen LogP contribution in [0.3, 0.4) is 0 Å². The Kier molecular flexibility index (Phi) is 4.99. The lowest BCUT2D eigenvalue weighted by Gasteiger charge is -2.44. The molecule has 0 bridgehead atoms. The number of carbonyl (C=O) groups excluding carboxylic acids is 2. The average molecular weight is 298 g/mol. The van der Waals surface area contributed by atoms with E-state index in [-0.39, 0.29) is 28.5 Å². The van der Waals surface area contributed by atoms with Crippen LogP contribution in [0.2, 0.25) is 0 Å². The highest BCUT2D eigenvalue weighted by atomic mass is 32.2. The van der Waals surface area contributed by atoms with Gasteiger partial charge in [-0.05, 0) is 25.0 Å². The average Bonchev–Trinajstić information content (AvgIpc) is 2.54. The third kappa shape index (κ3) is 3.13. The summed E-state index contributed by atoms with van der Waals surface area (Å²) in [7, 11) is 0. The maximum Gasteiger partial charge on any atom is 0.245 e. The predicted octanol–water partition coefficient (Wildman–Crippen LogP) is 2.04. The molecule has 1 heterocycles. The number of hydrogen-bond donors (Lipinski definition) is 1. The van der Waals surface area contributed by atoms with E-state index in [4.69, 9.17) is 0 Å². The quantitative estimate of drug-likeness (QED) is 0.845. The van der Waals surface area contributed by atoms with Gasteiger partial charge in [-0.15, -0.1) is 0 Å². The van der Waals surface area contributed by atoms with Gasteiger partial charge < -0.3 is 10.2 Å². The second-order valence-electron chi connectivity index (χ2n) is 6.18. The highest BCUT2D eigenvalue weighted by Crippen LogP contribution is 2.43. The first-order chi connectivity index (χ1) is 9.51. The van der Waals surface area contributed by atoms with E-state index in [1.54, 1.807) is 0 Å². The smallest absolute Gasteiger partial charge is 0.245 e. The van der Waals surface area contributed by atoms with Gasteiger partial charge >= 0.3 is 0 Å². The van der Waals surface area contributed by atoms with Crippen molar-refractivity contribution in [2.24, 2.45) is 5.92 Å². The minimum atomic E-state index is -0.339. The van der Waals surface area contributed by atoms with Gasteiger partial charge in [-0.25, -0.2) is 0 Å². The molecule has 4 nitrogen and oxygen atoms in total. The molecular formula is C15H26N2O2S. The Morgan fingerprint density at radius 2 is 2.15 bits per heavy atom. The van der Waals surface area contributed by atoms with Crippen molar-refractivity contribution in [3.8, 4) is 0 Å². The number of amides is 2. The van der Waals surface area contributed by atoms with Gasteiger partial charge in [-0.3, -0.25) is 9.59 Å². The van der Waals surface area contributed by atoms with Crippen LogP contribution in [0.25, 0.3) is 0 Å². The van der Waals surface area contributed by atoms with E-state index in [0.717, 1.165) is 13.0 Å². The summed E-state index contributed by atoms with van der Waals surface area (Å²) in [6.45, 7) is 5.48. The number of nitrogens with zero attached hydrogens (tertiary/aromatic N) is 1. The third-order valence-electron chi connectivity index (χ3n) is 4.89. The molecular weight excluding hydrogens is 272 g/mol. The molecule has 1 aliphatic carbocycles. The number of rotatable bonds is 5. The highest BCUT2D eigenvalue weighted by Gasteiger charge is 2.41. The summed E-state index contributed by atoms with van der Waals surface area (Å²) in [4.78, 5) is 26.5. The van der Waals surface area contributed by atoms with Crippen LogP contribution < -0.4 is 5.32 Å². The second-order valence-corrected chi connectivity index (χ2v) is 7.46. The fourth-order valence-electron chi connectivity index (χ4n) is 2.97. The summed E-state index contributed by atoms with van der Waals surface area (Å²) < 4.78 is 0.239. The van der Waals surface area contributed by atoms with Gasteiger partial charge in [-0.1, -0.05) is 26.7 Å². The lowest BCUT2D eigenvalue weighted by molar-refractivity contribution is -0.135.